The van der Waals surface area contributed by atoms with Crippen LogP contribution in [0.1, 0.15) is 25.7 Å². The maximum atomic E-state index is 12.0. The fourth-order valence-electron chi connectivity index (χ4n) is 2.71. The summed E-state index contributed by atoms with van der Waals surface area (Å²) >= 11 is 0. The molecule has 0 saturated heterocycles. The van der Waals surface area contributed by atoms with Gasteiger partial charge in [0, 0.05) is 12.7 Å². The molecule has 2 aromatic rings. The predicted molar refractivity (Wildman–Crippen MR) is 80.7 cm³/mol. The Bertz CT molecular complexity index is 700. The number of ether oxygens (including phenoxy) is 1. The third kappa shape index (κ3) is 3.36. The van der Waals surface area contributed by atoms with Gasteiger partial charge in [0.15, 0.2) is 5.65 Å². The van der Waals surface area contributed by atoms with E-state index < -0.39 is 0 Å². The van der Waals surface area contributed by atoms with Crippen molar-refractivity contribution < 1.29 is 9.53 Å². The van der Waals surface area contributed by atoms with Crippen molar-refractivity contribution in [3.8, 4) is 0 Å². The van der Waals surface area contributed by atoms with Crippen LogP contribution in [0, 0.1) is 0 Å². The van der Waals surface area contributed by atoms with Crippen LogP contribution in [0.15, 0.2) is 29.2 Å². The number of aromatic nitrogens is 3. The van der Waals surface area contributed by atoms with E-state index in [1.165, 1.54) is 21.9 Å². The number of hydrogen-bond donors (Lipinski definition) is 1. The number of nitrogens with zero attached hydrogens (tertiary/aromatic N) is 3. The molecule has 0 radical (unpaired) electrons. The van der Waals surface area contributed by atoms with Crippen molar-refractivity contribution in [3.63, 3.8) is 0 Å². The van der Waals surface area contributed by atoms with E-state index in [9.17, 15) is 9.59 Å². The summed E-state index contributed by atoms with van der Waals surface area (Å²) in [6.07, 6.45) is 6.36. The van der Waals surface area contributed by atoms with Crippen LogP contribution in [0.4, 0.5) is 0 Å². The van der Waals surface area contributed by atoms with Gasteiger partial charge in [0.25, 0.3) is 0 Å². The molecule has 22 heavy (non-hydrogen) atoms. The summed E-state index contributed by atoms with van der Waals surface area (Å²) in [5.41, 5.74) is 0.399. The SMILES string of the molecule is O=C(COC1CCCC1)NCCn1nc2ccccn2c1=O. The Morgan fingerprint density at radius 3 is 2.95 bits per heavy atom. The molecule has 1 fully saturated rings. The van der Waals surface area contributed by atoms with Gasteiger partial charge in [-0.25, -0.2) is 9.48 Å². The summed E-state index contributed by atoms with van der Waals surface area (Å²) in [6, 6.07) is 5.38. The lowest BCUT2D eigenvalue weighted by Crippen LogP contribution is -2.34. The van der Waals surface area contributed by atoms with Gasteiger partial charge in [0.1, 0.15) is 6.61 Å². The van der Waals surface area contributed by atoms with Crippen molar-refractivity contribution in [1.82, 2.24) is 19.5 Å². The van der Waals surface area contributed by atoms with E-state index in [0.29, 0.717) is 18.7 Å². The zero-order valence-corrected chi connectivity index (χ0v) is 12.4. The molecule has 1 aliphatic carbocycles. The molecule has 1 saturated carbocycles. The molecule has 118 valence electrons. The number of carbonyl (C=O) groups excluding carboxylic acids is 1. The summed E-state index contributed by atoms with van der Waals surface area (Å²) in [7, 11) is 0. The summed E-state index contributed by atoms with van der Waals surface area (Å²) < 4.78 is 8.37. The van der Waals surface area contributed by atoms with Gasteiger partial charge in [0.05, 0.1) is 12.6 Å². The van der Waals surface area contributed by atoms with E-state index in [4.69, 9.17) is 4.74 Å². The zero-order valence-electron chi connectivity index (χ0n) is 12.4. The van der Waals surface area contributed by atoms with E-state index in [2.05, 4.69) is 10.4 Å². The Morgan fingerprint density at radius 2 is 2.18 bits per heavy atom. The van der Waals surface area contributed by atoms with Gasteiger partial charge >= 0.3 is 5.69 Å². The first-order valence-corrected chi connectivity index (χ1v) is 7.66. The first-order valence-electron chi connectivity index (χ1n) is 7.66. The highest BCUT2D eigenvalue weighted by molar-refractivity contribution is 5.77. The van der Waals surface area contributed by atoms with Crippen molar-refractivity contribution in [2.24, 2.45) is 0 Å². The molecule has 1 amide bonds. The lowest BCUT2D eigenvalue weighted by Gasteiger charge is -2.10. The van der Waals surface area contributed by atoms with Crippen molar-refractivity contribution in [3.05, 3.63) is 34.9 Å². The Labute approximate surface area is 127 Å². The molecule has 0 aromatic carbocycles. The van der Waals surface area contributed by atoms with E-state index >= 15 is 0 Å². The van der Waals surface area contributed by atoms with E-state index in [0.717, 1.165) is 12.8 Å². The summed E-state index contributed by atoms with van der Waals surface area (Å²) in [6.45, 7) is 0.789. The number of hydrogen-bond acceptors (Lipinski definition) is 4. The third-order valence-corrected chi connectivity index (χ3v) is 3.89. The maximum Gasteiger partial charge on any atom is 0.350 e. The van der Waals surface area contributed by atoms with E-state index in [1.807, 2.05) is 6.07 Å². The van der Waals surface area contributed by atoms with Gasteiger partial charge in [-0.05, 0) is 25.0 Å². The standard InChI is InChI=1S/C15H20N4O3/c20-14(11-22-12-5-1-2-6-12)16-8-10-19-15(21)18-9-4-3-7-13(18)17-19/h3-4,7,9,12H,1-2,5-6,8,10-11H2,(H,16,20). The van der Waals surface area contributed by atoms with Crippen LogP contribution in [0.25, 0.3) is 5.65 Å². The molecular formula is C15H20N4O3. The molecule has 2 heterocycles. The zero-order chi connectivity index (χ0) is 15.4. The molecule has 0 atom stereocenters. The molecule has 0 bridgehead atoms. The van der Waals surface area contributed by atoms with Crippen molar-refractivity contribution in [1.29, 1.82) is 0 Å². The van der Waals surface area contributed by atoms with Crippen molar-refractivity contribution in [2.45, 2.75) is 38.3 Å². The molecule has 0 aliphatic heterocycles. The van der Waals surface area contributed by atoms with Crippen molar-refractivity contribution in [2.75, 3.05) is 13.2 Å². The number of amides is 1. The van der Waals surface area contributed by atoms with Crippen LogP contribution in [-0.2, 0) is 16.1 Å². The van der Waals surface area contributed by atoms with Gasteiger partial charge in [-0.15, -0.1) is 5.10 Å². The second-order valence-electron chi connectivity index (χ2n) is 5.50. The maximum absolute atomic E-state index is 12.0. The highest BCUT2D eigenvalue weighted by Gasteiger charge is 2.16. The van der Waals surface area contributed by atoms with Gasteiger partial charge < -0.3 is 10.1 Å². The summed E-state index contributed by atoms with van der Waals surface area (Å²) in [5, 5.41) is 6.96. The highest BCUT2D eigenvalue weighted by Crippen LogP contribution is 2.20. The minimum atomic E-state index is -0.202. The molecule has 2 aromatic heterocycles. The van der Waals surface area contributed by atoms with Crippen LogP contribution >= 0.6 is 0 Å². The second kappa shape index (κ2) is 6.74. The first kappa shape index (κ1) is 14.8. The van der Waals surface area contributed by atoms with Crippen molar-refractivity contribution >= 4 is 11.6 Å². The Hall–Kier alpha value is -2.15. The molecule has 0 unspecified atom stereocenters. The largest absolute Gasteiger partial charge is 0.368 e. The molecule has 0 spiro atoms. The number of rotatable bonds is 6. The Morgan fingerprint density at radius 1 is 1.36 bits per heavy atom. The lowest BCUT2D eigenvalue weighted by atomic mass is 10.3. The Balaban J connectivity index is 1.46. The summed E-state index contributed by atoms with van der Waals surface area (Å²) in [5.74, 6) is -0.149. The van der Waals surface area contributed by atoms with E-state index in [-0.39, 0.29) is 24.3 Å². The molecule has 7 nitrogen and oxygen atoms in total. The predicted octanol–water partition coefficient (Wildman–Crippen LogP) is 0.571. The Kier molecular flexibility index (Phi) is 4.53. The minimum Gasteiger partial charge on any atom is -0.368 e. The molecule has 1 N–H and O–H groups in total. The average Bonchev–Trinajstić information content (AvgIpc) is 3.15. The topological polar surface area (TPSA) is 77.6 Å². The average molecular weight is 304 g/mol. The van der Waals surface area contributed by atoms with Crippen LogP contribution in [0.2, 0.25) is 0 Å². The van der Waals surface area contributed by atoms with Crippen LogP contribution < -0.4 is 11.0 Å². The quantitative estimate of drug-likeness (QED) is 0.846. The second-order valence-corrected chi connectivity index (χ2v) is 5.50. The normalized spacial score (nSPS) is 15.5. The number of carbonyl (C=O) groups is 1. The number of pyridine rings is 1. The fraction of sp³-hybridized carbons (Fsp3) is 0.533. The number of nitrogens with one attached hydrogen (secondary N) is 1. The lowest BCUT2D eigenvalue weighted by molar-refractivity contribution is -0.127. The minimum absolute atomic E-state index is 0.0880. The molecule has 3 rings (SSSR count). The summed E-state index contributed by atoms with van der Waals surface area (Å²) in [4.78, 5) is 23.7. The number of fused-ring (bicyclic) bond motifs is 1. The van der Waals surface area contributed by atoms with Crippen LogP contribution in [-0.4, -0.2) is 39.3 Å². The third-order valence-electron chi connectivity index (χ3n) is 3.89. The molecular weight excluding hydrogens is 284 g/mol. The smallest absolute Gasteiger partial charge is 0.350 e. The molecule has 1 aliphatic rings. The van der Waals surface area contributed by atoms with Gasteiger partial charge in [-0.1, -0.05) is 18.9 Å². The fourth-order valence-corrected chi connectivity index (χ4v) is 2.71. The van der Waals surface area contributed by atoms with Gasteiger partial charge in [-0.2, -0.15) is 0 Å². The first-order chi connectivity index (χ1) is 10.7. The van der Waals surface area contributed by atoms with Crippen LogP contribution in [0.3, 0.4) is 0 Å². The van der Waals surface area contributed by atoms with Gasteiger partial charge in [-0.3, -0.25) is 9.20 Å². The van der Waals surface area contributed by atoms with Gasteiger partial charge in [0.2, 0.25) is 5.91 Å². The van der Waals surface area contributed by atoms with E-state index in [1.54, 1.807) is 18.3 Å². The molecule has 7 heteroatoms. The monoisotopic (exact) mass is 304 g/mol. The highest BCUT2D eigenvalue weighted by atomic mass is 16.5. The van der Waals surface area contributed by atoms with Crippen LogP contribution in [0.5, 0.6) is 0 Å².